The summed E-state index contributed by atoms with van der Waals surface area (Å²) in [5.74, 6) is -0.276. The number of amides is 1. The Balaban J connectivity index is 1.91. The number of aryl methyl sites for hydroxylation is 1. The Morgan fingerprint density at radius 1 is 1.53 bits per heavy atom. The average Bonchev–Trinajstić information content (AvgIpc) is 2.77. The van der Waals surface area contributed by atoms with E-state index in [1.165, 1.54) is 0 Å². The SMILES string of the molecule is Cn1ccc(C(=O)NC(=S)N2CCOCC2)n1. The van der Waals surface area contributed by atoms with Crippen molar-refractivity contribution in [3.63, 3.8) is 0 Å². The van der Waals surface area contributed by atoms with E-state index in [2.05, 4.69) is 10.4 Å². The maximum absolute atomic E-state index is 11.8. The van der Waals surface area contributed by atoms with Gasteiger partial charge in [-0.3, -0.25) is 14.8 Å². The Morgan fingerprint density at radius 2 is 2.24 bits per heavy atom. The van der Waals surface area contributed by atoms with Crippen LogP contribution >= 0.6 is 12.2 Å². The van der Waals surface area contributed by atoms with Gasteiger partial charge in [0.2, 0.25) is 0 Å². The fraction of sp³-hybridized carbons (Fsp3) is 0.500. The highest BCUT2D eigenvalue weighted by Gasteiger charge is 2.17. The van der Waals surface area contributed by atoms with E-state index in [-0.39, 0.29) is 5.91 Å². The molecule has 17 heavy (non-hydrogen) atoms. The Kier molecular flexibility index (Phi) is 3.70. The Hall–Kier alpha value is -1.47. The van der Waals surface area contributed by atoms with Crippen LogP contribution < -0.4 is 5.32 Å². The van der Waals surface area contributed by atoms with Crippen LogP contribution in [0.1, 0.15) is 10.5 Å². The summed E-state index contributed by atoms with van der Waals surface area (Å²) >= 11 is 5.16. The normalized spacial score (nSPS) is 15.7. The number of ether oxygens (including phenoxy) is 1. The van der Waals surface area contributed by atoms with Crippen LogP contribution in [0.5, 0.6) is 0 Å². The number of carbonyl (C=O) groups is 1. The molecule has 2 heterocycles. The first-order valence-electron chi connectivity index (χ1n) is 5.34. The zero-order valence-electron chi connectivity index (χ0n) is 9.55. The predicted molar refractivity (Wildman–Crippen MR) is 65.7 cm³/mol. The number of aromatic nitrogens is 2. The van der Waals surface area contributed by atoms with Crippen molar-refractivity contribution in [2.24, 2.45) is 7.05 Å². The third kappa shape index (κ3) is 3.01. The summed E-state index contributed by atoms with van der Waals surface area (Å²) in [7, 11) is 1.76. The predicted octanol–water partition coefficient (Wildman–Crippen LogP) is -0.233. The highest BCUT2D eigenvalue weighted by molar-refractivity contribution is 7.80. The Labute approximate surface area is 105 Å². The lowest BCUT2D eigenvalue weighted by Gasteiger charge is -2.28. The van der Waals surface area contributed by atoms with E-state index >= 15 is 0 Å². The quantitative estimate of drug-likeness (QED) is 0.701. The molecule has 1 aliphatic rings. The molecule has 1 N–H and O–H groups in total. The van der Waals surface area contributed by atoms with E-state index < -0.39 is 0 Å². The van der Waals surface area contributed by atoms with Crippen molar-refractivity contribution >= 4 is 23.2 Å². The second-order valence-electron chi connectivity index (χ2n) is 3.73. The number of hydrogen-bond acceptors (Lipinski definition) is 4. The van der Waals surface area contributed by atoms with Crippen molar-refractivity contribution in [2.75, 3.05) is 26.3 Å². The number of morpholine rings is 1. The van der Waals surface area contributed by atoms with E-state index in [1.54, 1.807) is 24.0 Å². The van der Waals surface area contributed by atoms with Crippen LogP contribution in [0, 0.1) is 0 Å². The van der Waals surface area contributed by atoms with E-state index in [9.17, 15) is 4.79 Å². The molecule has 6 nitrogen and oxygen atoms in total. The third-order valence-electron chi connectivity index (χ3n) is 2.47. The second-order valence-corrected chi connectivity index (χ2v) is 4.12. The van der Waals surface area contributed by atoms with Crippen LogP contribution in [0.2, 0.25) is 0 Å². The van der Waals surface area contributed by atoms with E-state index in [0.717, 1.165) is 0 Å². The first kappa shape index (κ1) is 12.0. The molecule has 0 spiro atoms. The lowest BCUT2D eigenvalue weighted by atomic mass is 10.4. The molecular formula is C10H14N4O2S. The molecule has 1 fully saturated rings. The third-order valence-corrected chi connectivity index (χ3v) is 2.83. The van der Waals surface area contributed by atoms with Crippen molar-refractivity contribution < 1.29 is 9.53 Å². The molecule has 1 saturated heterocycles. The number of nitrogens with zero attached hydrogens (tertiary/aromatic N) is 3. The minimum Gasteiger partial charge on any atom is -0.378 e. The molecule has 92 valence electrons. The van der Waals surface area contributed by atoms with Crippen LogP contribution in [-0.4, -0.2) is 52.0 Å². The highest BCUT2D eigenvalue weighted by atomic mass is 32.1. The van der Waals surface area contributed by atoms with Crippen LogP contribution in [0.3, 0.4) is 0 Å². The smallest absolute Gasteiger partial charge is 0.277 e. The van der Waals surface area contributed by atoms with Gasteiger partial charge in [-0.2, -0.15) is 5.10 Å². The van der Waals surface area contributed by atoms with E-state index in [0.29, 0.717) is 37.1 Å². The molecular weight excluding hydrogens is 240 g/mol. The van der Waals surface area contributed by atoms with Gasteiger partial charge in [-0.1, -0.05) is 0 Å². The molecule has 0 aliphatic carbocycles. The minimum absolute atomic E-state index is 0.276. The van der Waals surface area contributed by atoms with Gasteiger partial charge in [-0.15, -0.1) is 0 Å². The molecule has 0 atom stereocenters. The minimum atomic E-state index is -0.276. The van der Waals surface area contributed by atoms with Gasteiger partial charge in [0.05, 0.1) is 13.2 Å². The number of hydrogen-bond donors (Lipinski definition) is 1. The monoisotopic (exact) mass is 254 g/mol. The largest absolute Gasteiger partial charge is 0.378 e. The number of thiocarbonyl (C=S) groups is 1. The summed E-state index contributed by atoms with van der Waals surface area (Å²) < 4.78 is 6.79. The molecule has 0 unspecified atom stereocenters. The van der Waals surface area contributed by atoms with Crippen molar-refractivity contribution in [3.8, 4) is 0 Å². The topological polar surface area (TPSA) is 59.4 Å². The van der Waals surface area contributed by atoms with Gasteiger partial charge in [0.15, 0.2) is 10.8 Å². The second kappa shape index (κ2) is 5.24. The molecule has 1 amide bonds. The lowest BCUT2D eigenvalue weighted by molar-refractivity contribution is 0.0668. The van der Waals surface area contributed by atoms with Gasteiger partial charge in [-0.05, 0) is 18.3 Å². The van der Waals surface area contributed by atoms with Gasteiger partial charge in [0.25, 0.3) is 5.91 Å². The molecule has 1 aromatic rings. The lowest BCUT2D eigenvalue weighted by Crippen LogP contribution is -2.47. The molecule has 0 radical (unpaired) electrons. The summed E-state index contributed by atoms with van der Waals surface area (Å²) in [5.41, 5.74) is 0.364. The van der Waals surface area contributed by atoms with Crippen LogP contribution in [-0.2, 0) is 11.8 Å². The van der Waals surface area contributed by atoms with Gasteiger partial charge < -0.3 is 9.64 Å². The summed E-state index contributed by atoms with van der Waals surface area (Å²) in [4.78, 5) is 13.7. The molecule has 1 aliphatic heterocycles. The maximum atomic E-state index is 11.8. The molecule has 7 heteroatoms. The van der Waals surface area contributed by atoms with Crippen molar-refractivity contribution in [2.45, 2.75) is 0 Å². The molecule has 0 bridgehead atoms. The van der Waals surface area contributed by atoms with Gasteiger partial charge in [0.1, 0.15) is 0 Å². The summed E-state index contributed by atoms with van der Waals surface area (Å²) in [5, 5.41) is 7.11. The van der Waals surface area contributed by atoms with E-state index in [4.69, 9.17) is 17.0 Å². The van der Waals surface area contributed by atoms with Crippen molar-refractivity contribution in [1.82, 2.24) is 20.0 Å². The first-order chi connectivity index (χ1) is 8.16. The van der Waals surface area contributed by atoms with Gasteiger partial charge in [0, 0.05) is 26.3 Å². The van der Waals surface area contributed by atoms with Crippen LogP contribution in [0.25, 0.3) is 0 Å². The molecule has 0 saturated carbocycles. The van der Waals surface area contributed by atoms with Crippen molar-refractivity contribution in [1.29, 1.82) is 0 Å². The maximum Gasteiger partial charge on any atom is 0.277 e. The first-order valence-corrected chi connectivity index (χ1v) is 5.75. The average molecular weight is 254 g/mol. The van der Waals surface area contributed by atoms with Crippen molar-refractivity contribution in [3.05, 3.63) is 18.0 Å². The number of carbonyl (C=O) groups excluding carboxylic acids is 1. The zero-order chi connectivity index (χ0) is 12.3. The fourth-order valence-corrected chi connectivity index (χ4v) is 1.82. The zero-order valence-corrected chi connectivity index (χ0v) is 10.4. The summed E-state index contributed by atoms with van der Waals surface area (Å²) in [6.07, 6.45) is 1.71. The Bertz CT molecular complexity index is 426. The summed E-state index contributed by atoms with van der Waals surface area (Å²) in [6, 6.07) is 1.65. The van der Waals surface area contributed by atoms with Gasteiger partial charge in [-0.25, -0.2) is 0 Å². The number of rotatable bonds is 1. The summed E-state index contributed by atoms with van der Waals surface area (Å²) in [6.45, 7) is 2.70. The fourth-order valence-electron chi connectivity index (χ4n) is 1.54. The molecule has 2 rings (SSSR count). The van der Waals surface area contributed by atoms with Crippen LogP contribution in [0.15, 0.2) is 12.3 Å². The van der Waals surface area contributed by atoms with Crippen LogP contribution in [0.4, 0.5) is 0 Å². The molecule has 1 aromatic heterocycles. The number of nitrogens with one attached hydrogen (secondary N) is 1. The highest BCUT2D eigenvalue weighted by Crippen LogP contribution is 1.99. The molecule has 0 aromatic carbocycles. The standard InChI is InChI=1S/C10H14N4O2S/c1-13-3-2-8(12-13)9(15)11-10(17)14-4-6-16-7-5-14/h2-3H,4-7H2,1H3,(H,11,15,17). The Morgan fingerprint density at radius 3 is 2.82 bits per heavy atom. The van der Waals surface area contributed by atoms with Gasteiger partial charge >= 0.3 is 0 Å². The van der Waals surface area contributed by atoms with E-state index in [1.807, 2.05) is 4.90 Å².